The number of hydrogen-bond donors (Lipinski definition) is 1. The third-order valence-electron chi connectivity index (χ3n) is 1.28. The van der Waals surface area contributed by atoms with E-state index in [2.05, 4.69) is 25.7 Å². The van der Waals surface area contributed by atoms with E-state index in [4.69, 9.17) is 0 Å². The van der Waals surface area contributed by atoms with Gasteiger partial charge in [-0.3, -0.25) is 0 Å². The molecule has 1 saturated heterocycles. The van der Waals surface area contributed by atoms with Crippen LogP contribution in [0.3, 0.4) is 0 Å². The number of piperidine rings is 1. The molecule has 0 aromatic carbocycles. The Bertz CT molecular complexity index is 78.7. The molecule has 1 aliphatic rings. The average Bonchev–Trinajstić information content (AvgIpc) is 1.91. The fourth-order valence-corrected chi connectivity index (χ4v) is 0.817. The van der Waals surface area contributed by atoms with Crippen LogP contribution in [0.25, 0.3) is 0 Å². The third-order valence-corrected chi connectivity index (χ3v) is 1.28. The minimum Gasteiger partial charge on any atom is -0.389 e. The molecule has 0 aromatic rings. The lowest BCUT2D eigenvalue weighted by Crippen LogP contribution is -2.18. The standard InChI is InChI=1S/C6H11N.C3H8/c1-6-4-2-3-5-7-6;1-3-2/h7H,1-5H2;3H2,1-2H3. The van der Waals surface area contributed by atoms with Crippen molar-refractivity contribution >= 4 is 0 Å². The van der Waals surface area contributed by atoms with Crippen LogP contribution in [0, 0.1) is 0 Å². The molecule has 0 bridgehead atoms. The van der Waals surface area contributed by atoms with E-state index in [1.807, 2.05) is 0 Å². The first-order chi connectivity index (χ1) is 4.81. The van der Waals surface area contributed by atoms with Crippen molar-refractivity contribution in [1.82, 2.24) is 5.32 Å². The zero-order valence-electron chi connectivity index (χ0n) is 7.24. The summed E-state index contributed by atoms with van der Waals surface area (Å²) < 4.78 is 0. The number of rotatable bonds is 0. The molecule has 0 radical (unpaired) electrons. The SMILES string of the molecule is C=C1CCCCN1.CCC. The maximum absolute atomic E-state index is 3.80. The molecule has 1 heterocycles. The van der Waals surface area contributed by atoms with Crippen molar-refractivity contribution in [2.24, 2.45) is 0 Å². The molecule has 60 valence electrons. The van der Waals surface area contributed by atoms with Gasteiger partial charge < -0.3 is 5.32 Å². The smallest absolute Gasteiger partial charge is 0.0143 e. The van der Waals surface area contributed by atoms with Crippen molar-refractivity contribution in [3.05, 3.63) is 12.3 Å². The summed E-state index contributed by atoms with van der Waals surface area (Å²) >= 11 is 0. The van der Waals surface area contributed by atoms with E-state index in [0.717, 1.165) is 6.54 Å². The van der Waals surface area contributed by atoms with Crippen LogP contribution in [-0.2, 0) is 0 Å². The maximum atomic E-state index is 3.80. The second-order valence-corrected chi connectivity index (χ2v) is 2.69. The van der Waals surface area contributed by atoms with E-state index in [0.29, 0.717) is 0 Å². The number of hydrogen-bond acceptors (Lipinski definition) is 1. The Kier molecular flexibility index (Phi) is 6.35. The van der Waals surface area contributed by atoms with Crippen LogP contribution in [0.1, 0.15) is 39.5 Å². The fraction of sp³-hybridized carbons (Fsp3) is 0.778. The van der Waals surface area contributed by atoms with Gasteiger partial charge in [0.05, 0.1) is 0 Å². The summed E-state index contributed by atoms with van der Waals surface area (Å²) in [4.78, 5) is 0. The summed E-state index contributed by atoms with van der Waals surface area (Å²) in [7, 11) is 0. The van der Waals surface area contributed by atoms with Gasteiger partial charge in [-0.1, -0.05) is 26.8 Å². The van der Waals surface area contributed by atoms with E-state index < -0.39 is 0 Å². The zero-order valence-corrected chi connectivity index (χ0v) is 7.24. The molecule has 1 nitrogen and oxygen atoms in total. The van der Waals surface area contributed by atoms with Crippen molar-refractivity contribution < 1.29 is 0 Å². The Morgan fingerprint density at radius 1 is 1.40 bits per heavy atom. The average molecular weight is 141 g/mol. The molecule has 0 amide bonds. The van der Waals surface area contributed by atoms with Gasteiger partial charge in [0.1, 0.15) is 0 Å². The highest BCUT2D eigenvalue weighted by molar-refractivity contribution is 4.93. The second kappa shape index (κ2) is 6.66. The van der Waals surface area contributed by atoms with Crippen molar-refractivity contribution in [2.75, 3.05) is 6.54 Å². The Balaban J connectivity index is 0.000000236. The molecule has 0 aromatic heterocycles. The monoisotopic (exact) mass is 141 g/mol. The summed E-state index contributed by atoms with van der Waals surface area (Å²) in [6, 6.07) is 0. The molecule has 0 saturated carbocycles. The molecular weight excluding hydrogens is 122 g/mol. The minimum absolute atomic E-state index is 1.14. The first-order valence-electron chi connectivity index (χ1n) is 4.22. The van der Waals surface area contributed by atoms with Crippen LogP contribution in [0.2, 0.25) is 0 Å². The lowest BCUT2D eigenvalue weighted by atomic mass is 10.1. The summed E-state index contributed by atoms with van der Waals surface area (Å²) in [5.41, 5.74) is 1.21. The van der Waals surface area contributed by atoms with Crippen molar-refractivity contribution in [3.8, 4) is 0 Å². The molecule has 1 fully saturated rings. The molecular formula is C9H19N. The van der Waals surface area contributed by atoms with Gasteiger partial charge in [-0.25, -0.2) is 0 Å². The quantitative estimate of drug-likeness (QED) is 0.547. The third kappa shape index (κ3) is 5.67. The first kappa shape index (κ1) is 9.54. The molecule has 0 spiro atoms. The molecule has 0 aliphatic carbocycles. The Morgan fingerprint density at radius 3 is 2.20 bits per heavy atom. The first-order valence-corrected chi connectivity index (χ1v) is 4.22. The Morgan fingerprint density at radius 2 is 2.00 bits per heavy atom. The lowest BCUT2D eigenvalue weighted by Gasteiger charge is -2.13. The van der Waals surface area contributed by atoms with Gasteiger partial charge in [-0.05, 0) is 19.3 Å². The number of allylic oxidation sites excluding steroid dienone is 1. The summed E-state index contributed by atoms with van der Waals surface area (Å²) in [5.74, 6) is 0. The fourth-order valence-electron chi connectivity index (χ4n) is 0.817. The molecule has 1 rings (SSSR count). The van der Waals surface area contributed by atoms with Gasteiger partial charge in [0, 0.05) is 12.2 Å². The second-order valence-electron chi connectivity index (χ2n) is 2.69. The van der Waals surface area contributed by atoms with Crippen LogP contribution in [-0.4, -0.2) is 6.54 Å². The van der Waals surface area contributed by atoms with Gasteiger partial charge in [-0.15, -0.1) is 0 Å². The van der Waals surface area contributed by atoms with E-state index in [1.54, 1.807) is 0 Å². The highest BCUT2D eigenvalue weighted by Gasteiger charge is 1.98. The van der Waals surface area contributed by atoms with Gasteiger partial charge in [0.25, 0.3) is 0 Å². The number of nitrogens with one attached hydrogen (secondary N) is 1. The Labute approximate surface area is 64.5 Å². The van der Waals surface area contributed by atoms with Crippen LogP contribution in [0.15, 0.2) is 12.3 Å². The molecule has 0 unspecified atom stereocenters. The van der Waals surface area contributed by atoms with Crippen LogP contribution < -0.4 is 5.32 Å². The van der Waals surface area contributed by atoms with Crippen molar-refractivity contribution in [3.63, 3.8) is 0 Å². The summed E-state index contributed by atoms with van der Waals surface area (Å²) in [5, 5.41) is 3.19. The van der Waals surface area contributed by atoms with Crippen LogP contribution in [0.5, 0.6) is 0 Å². The molecule has 1 N–H and O–H groups in total. The summed E-state index contributed by atoms with van der Waals surface area (Å²) in [6.07, 6.45) is 5.07. The highest BCUT2D eigenvalue weighted by atomic mass is 14.9. The normalized spacial score (nSPS) is 16.8. The van der Waals surface area contributed by atoms with Crippen LogP contribution >= 0.6 is 0 Å². The van der Waals surface area contributed by atoms with E-state index in [-0.39, 0.29) is 0 Å². The zero-order chi connectivity index (χ0) is 7.82. The van der Waals surface area contributed by atoms with E-state index in [1.165, 1.54) is 31.4 Å². The van der Waals surface area contributed by atoms with E-state index >= 15 is 0 Å². The molecule has 0 atom stereocenters. The van der Waals surface area contributed by atoms with Crippen molar-refractivity contribution in [2.45, 2.75) is 39.5 Å². The van der Waals surface area contributed by atoms with E-state index in [9.17, 15) is 0 Å². The lowest BCUT2D eigenvalue weighted by molar-refractivity contribution is 0.590. The van der Waals surface area contributed by atoms with Gasteiger partial charge in [0.15, 0.2) is 0 Å². The van der Waals surface area contributed by atoms with Gasteiger partial charge >= 0.3 is 0 Å². The predicted octanol–water partition coefficient (Wildman–Crippen LogP) is 2.69. The maximum Gasteiger partial charge on any atom is 0.0143 e. The predicted molar refractivity (Wildman–Crippen MR) is 47.0 cm³/mol. The van der Waals surface area contributed by atoms with Gasteiger partial charge in [-0.2, -0.15) is 0 Å². The largest absolute Gasteiger partial charge is 0.389 e. The highest BCUT2D eigenvalue weighted by Crippen LogP contribution is 2.06. The molecule has 1 aliphatic heterocycles. The van der Waals surface area contributed by atoms with Gasteiger partial charge in [0.2, 0.25) is 0 Å². The Hall–Kier alpha value is -0.460. The summed E-state index contributed by atoms with van der Waals surface area (Å²) in [6.45, 7) is 9.19. The topological polar surface area (TPSA) is 12.0 Å². The minimum atomic E-state index is 1.14. The molecule has 10 heavy (non-hydrogen) atoms. The van der Waals surface area contributed by atoms with Crippen LogP contribution in [0.4, 0.5) is 0 Å². The van der Waals surface area contributed by atoms with Crippen molar-refractivity contribution in [1.29, 1.82) is 0 Å². The molecule has 1 heteroatoms.